The maximum absolute atomic E-state index is 12.6. The molecule has 1 N–H and O–H groups in total. The Labute approximate surface area is 128 Å². The molecule has 0 saturated heterocycles. The van der Waals surface area contributed by atoms with E-state index in [1.165, 1.54) is 0 Å². The number of nitrogens with one attached hydrogen (secondary N) is 1. The van der Waals surface area contributed by atoms with E-state index in [-0.39, 0.29) is 18.1 Å². The molecule has 0 aliphatic heterocycles. The fourth-order valence-electron chi connectivity index (χ4n) is 2.26. The monoisotopic (exact) mass is 292 g/mol. The molecule has 4 nitrogen and oxygen atoms in total. The third kappa shape index (κ3) is 4.66. The largest absolute Gasteiger partial charge is 0.492 e. The Hall–Kier alpha value is -1.71. The average Bonchev–Trinajstić information content (AvgIpc) is 2.49. The van der Waals surface area contributed by atoms with Crippen LogP contribution in [0.5, 0.6) is 5.75 Å². The molecule has 2 atom stereocenters. The fourth-order valence-corrected chi connectivity index (χ4v) is 2.26. The zero-order valence-electron chi connectivity index (χ0n) is 13.8. The molecule has 118 valence electrons. The summed E-state index contributed by atoms with van der Waals surface area (Å²) in [5.41, 5.74) is 0.723. The summed E-state index contributed by atoms with van der Waals surface area (Å²) in [7, 11) is 0. The van der Waals surface area contributed by atoms with E-state index in [2.05, 4.69) is 33.0 Å². The number of benzene rings is 1. The standard InChI is InChI=1S/C17H28N2O2/c1-6-13(4)19(14(5)7-2)17(20)18-15-11-9-10-12-16(15)21-8-3/h9-14H,6-8H2,1-5H3,(H,18,20)/t13-,14-/m1/s1. The molecule has 0 radical (unpaired) electrons. The van der Waals surface area contributed by atoms with Gasteiger partial charge >= 0.3 is 6.03 Å². The number of amides is 2. The number of nitrogens with zero attached hydrogens (tertiary/aromatic N) is 1. The summed E-state index contributed by atoms with van der Waals surface area (Å²) in [5, 5.41) is 2.99. The van der Waals surface area contributed by atoms with E-state index in [4.69, 9.17) is 4.74 Å². The van der Waals surface area contributed by atoms with E-state index in [0.717, 1.165) is 18.5 Å². The Balaban J connectivity index is 2.91. The molecule has 4 heteroatoms. The Morgan fingerprint density at radius 3 is 2.24 bits per heavy atom. The summed E-state index contributed by atoms with van der Waals surface area (Å²) in [6, 6.07) is 7.89. The number of para-hydroxylation sites is 2. The van der Waals surface area contributed by atoms with Gasteiger partial charge in [0.25, 0.3) is 0 Å². The third-order valence-corrected chi connectivity index (χ3v) is 3.79. The number of rotatable bonds is 7. The third-order valence-electron chi connectivity index (χ3n) is 3.79. The zero-order chi connectivity index (χ0) is 15.8. The number of urea groups is 1. The molecule has 0 fully saturated rings. The van der Waals surface area contributed by atoms with Crippen molar-refractivity contribution in [1.29, 1.82) is 0 Å². The van der Waals surface area contributed by atoms with E-state index in [1.807, 2.05) is 36.1 Å². The van der Waals surface area contributed by atoms with E-state index in [1.54, 1.807) is 0 Å². The first-order valence-electron chi connectivity index (χ1n) is 7.86. The highest BCUT2D eigenvalue weighted by Gasteiger charge is 2.24. The Kier molecular flexibility index (Phi) is 7.06. The van der Waals surface area contributed by atoms with Gasteiger partial charge in [0.1, 0.15) is 5.75 Å². The van der Waals surface area contributed by atoms with Crippen molar-refractivity contribution in [2.24, 2.45) is 0 Å². The van der Waals surface area contributed by atoms with E-state index in [9.17, 15) is 4.79 Å². The topological polar surface area (TPSA) is 41.6 Å². The van der Waals surface area contributed by atoms with Gasteiger partial charge in [0, 0.05) is 12.1 Å². The first-order valence-corrected chi connectivity index (χ1v) is 7.86. The summed E-state index contributed by atoms with van der Waals surface area (Å²) < 4.78 is 5.56. The molecular weight excluding hydrogens is 264 g/mol. The van der Waals surface area contributed by atoms with E-state index >= 15 is 0 Å². The second-order valence-corrected chi connectivity index (χ2v) is 5.28. The van der Waals surface area contributed by atoms with Crippen molar-refractivity contribution in [2.75, 3.05) is 11.9 Å². The lowest BCUT2D eigenvalue weighted by Gasteiger charge is -2.34. The minimum Gasteiger partial charge on any atom is -0.492 e. The molecule has 0 aliphatic rings. The highest BCUT2D eigenvalue weighted by Crippen LogP contribution is 2.25. The molecule has 0 spiro atoms. The van der Waals surface area contributed by atoms with Gasteiger partial charge in [-0.3, -0.25) is 0 Å². The van der Waals surface area contributed by atoms with Crippen LogP contribution in [0, 0.1) is 0 Å². The van der Waals surface area contributed by atoms with Crippen LogP contribution in [0.3, 0.4) is 0 Å². The highest BCUT2D eigenvalue weighted by molar-refractivity contribution is 5.91. The maximum atomic E-state index is 12.6. The smallest absolute Gasteiger partial charge is 0.322 e. The number of carbonyl (C=O) groups excluding carboxylic acids is 1. The van der Waals surface area contributed by atoms with Crippen LogP contribution in [0.1, 0.15) is 47.5 Å². The SMILES string of the molecule is CCOc1ccccc1NC(=O)N([C@H](C)CC)[C@H](C)CC. The van der Waals surface area contributed by atoms with Crippen molar-refractivity contribution in [3.8, 4) is 5.75 Å². The predicted molar refractivity (Wildman–Crippen MR) is 88.0 cm³/mol. The number of hydrogen-bond acceptors (Lipinski definition) is 2. The van der Waals surface area contributed by atoms with Crippen molar-refractivity contribution in [1.82, 2.24) is 4.90 Å². The van der Waals surface area contributed by atoms with Crippen LogP contribution in [-0.2, 0) is 0 Å². The summed E-state index contributed by atoms with van der Waals surface area (Å²) in [5.74, 6) is 0.710. The Morgan fingerprint density at radius 2 is 1.71 bits per heavy atom. The molecule has 0 bridgehead atoms. The molecule has 0 saturated carbocycles. The molecule has 0 aromatic heterocycles. The van der Waals surface area contributed by atoms with Gasteiger partial charge in [0.15, 0.2) is 0 Å². The zero-order valence-corrected chi connectivity index (χ0v) is 13.8. The summed E-state index contributed by atoms with van der Waals surface area (Å²) in [4.78, 5) is 14.5. The Morgan fingerprint density at radius 1 is 1.14 bits per heavy atom. The van der Waals surface area contributed by atoms with Gasteiger partial charge in [-0.25, -0.2) is 4.79 Å². The van der Waals surface area contributed by atoms with Crippen LogP contribution in [0.4, 0.5) is 10.5 Å². The van der Waals surface area contributed by atoms with Crippen molar-refractivity contribution in [2.45, 2.75) is 59.5 Å². The average molecular weight is 292 g/mol. The predicted octanol–water partition coefficient (Wildman–Crippen LogP) is 4.52. The van der Waals surface area contributed by atoms with Crippen molar-refractivity contribution in [3.63, 3.8) is 0 Å². The van der Waals surface area contributed by atoms with Crippen LogP contribution < -0.4 is 10.1 Å². The maximum Gasteiger partial charge on any atom is 0.322 e. The summed E-state index contributed by atoms with van der Waals surface area (Å²) >= 11 is 0. The molecule has 2 amide bonds. The molecule has 1 rings (SSSR count). The van der Waals surface area contributed by atoms with Crippen LogP contribution in [0.2, 0.25) is 0 Å². The van der Waals surface area contributed by atoms with Gasteiger partial charge in [-0.05, 0) is 45.7 Å². The lowest BCUT2D eigenvalue weighted by Crippen LogP contribution is -2.46. The van der Waals surface area contributed by atoms with Crippen LogP contribution in [0.15, 0.2) is 24.3 Å². The molecule has 0 heterocycles. The van der Waals surface area contributed by atoms with Crippen LogP contribution in [0.25, 0.3) is 0 Å². The number of carbonyl (C=O) groups is 1. The summed E-state index contributed by atoms with van der Waals surface area (Å²) in [6.45, 7) is 10.9. The van der Waals surface area contributed by atoms with Gasteiger partial charge in [0.05, 0.1) is 12.3 Å². The lowest BCUT2D eigenvalue weighted by molar-refractivity contribution is 0.162. The van der Waals surface area contributed by atoms with Crippen LogP contribution >= 0.6 is 0 Å². The first-order chi connectivity index (χ1) is 10.0. The minimum absolute atomic E-state index is 0.0640. The minimum atomic E-state index is -0.0640. The van der Waals surface area contributed by atoms with E-state index in [0.29, 0.717) is 12.4 Å². The van der Waals surface area contributed by atoms with Gasteiger partial charge in [-0.15, -0.1) is 0 Å². The second kappa shape index (κ2) is 8.55. The molecule has 1 aromatic carbocycles. The van der Waals surface area contributed by atoms with E-state index < -0.39 is 0 Å². The fraction of sp³-hybridized carbons (Fsp3) is 0.588. The normalized spacial score (nSPS) is 13.4. The Bertz CT molecular complexity index is 438. The summed E-state index contributed by atoms with van der Waals surface area (Å²) in [6.07, 6.45) is 1.87. The molecule has 21 heavy (non-hydrogen) atoms. The molecular formula is C17H28N2O2. The van der Waals surface area contributed by atoms with Crippen molar-refractivity contribution >= 4 is 11.7 Å². The lowest BCUT2D eigenvalue weighted by atomic mass is 10.1. The van der Waals surface area contributed by atoms with Crippen molar-refractivity contribution < 1.29 is 9.53 Å². The highest BCUT2D eigenvalue weighted by atomic mass is 16.5. The van der Waals surface area contributed by atoms with Gasteiger partial charge < -0.3 is 15.0 Å². The number of anilines is 1. The first kappa shape index (κ1) is 17.3. The quantitative estimate of drug-likeness (QED) is 0.803. The molecule has 1 aromatic rings. The molecule has 0 aliphatic carbocycles. The van der Waals surface area contributed by atoms with Gasteiger partial charge in [0.2, 0.25) is 0 Å². The number of hydrogen-bond donors (Lipinski definition) is 1. The van der Waals surface area contributed by atoms with Gasteiger partial charge in [-0.2, -0.15) is 0 Å². The molecule has 0 unspecified atom stereocenters. The number of ether oxygens (including phenoxy) is 1. The van der Waals surface area contributed by atoms with Crippen LogP contribution in [-0.4, -0.2) is 29.6 Å². The van der Waals surface area contributed by atoms with Gasteiger partial charge in [-0.1, -0.05) is 26.0 Å². The van der Waals surface area contributed by atoms with Crippen molar-refractivity contribution in [3.05, 3.63) is 24.3 Å². The second-order valence-electron chi connectivity index (χ2n) is 5.28.